The lowest BCUT2D eigenvalue weighted by molar-refractivity contribution is -0.141. The number of nitrogens with zero attached hydrogens (tertiary/aromatic N) is 5. The average Bonchev–Trinajstić information content (AvgIpc) is 3.12. The number of nitrogens with one attached hydrogen (secondary N) is 1. The van der Waals surface area contributed by atoms with E-state index in [9.17, 15) is 17.6 Å². The molecule has 0 saturated heterocycles. The fourth-order valence-electron chi connectivity index (χ4n) is 2.55. The van der Waals surface area contributed by atoms with Gasteiger partial charge in [0.25, 0.3) is 0 Å². The van der Waals surface area contributed by atoms with Gasteiger partial charge in [-0.3, -0.25) is 10.3 Å². The Kier molecular flexibility index (Phi) is 5.31. The maximum Gasteiger partial charge on any atom is 0.433 e. The molecular formula is C18H9ClF4N6S. The van der Waals surface area contributed by atoms with Crippen LogP contribution >= 0.6 is 22.9 Å². The number of rotatable bonds is 4. The topological polar surface area (TPSA) is 76.5 Å². The molecule has 0 fully saturated rings. The smallest absolute Gasteiger partial charge is 0.299 e. The van der Waals surface area contributed by atoms with Crippen molar-refractivity contribution in [1.82, 2.24) is 25.1 Å². The van der Waals surface area contributed by atoms with Crippen LogP contribution in [0, 0.1) is 5.82 Å². The SMILES string of the molecule is Fc1ccccc1-c1nc(Nc2nc(Cl)cs2)nnc1-c1ccnc(C(F)(F)F)c1. The molecule has 12 heteroatoms. The highest BCUT2D eigenvalue weighted by Gasteiger charge is 2.33. The highest BCUT2D eigenvalue weighted by atomic mass is 35.5. The molecule has 6 nitrogen and oxygen atoms in total. The summed E-state index contributed by atoms with van der Waals surface area (Å²) in [5, 5.41) is 12.9. The Morgan fingerprint density at radius 2 is 1.80 bits per heavy atom. The molecule has 0 unspecified atom stereocenters. The zero-order valence-corrected chi connectivity index (χ0v) is 16.2. The van der Waals surface area contributed by atoms with Gasteiger partial charge in [-0.1, -0.05) is 23.7 Å². The number of aromatic nitrogens is 5. The number of pyridine rings is 1. The third-order valence-electron chi connectivity index (χ3n) is 3.83. The van der Waals surface area contributed by atoms with Crippen molar-refractivity contribution in [3.8, 4) is 22.5 Å². The van der Waals surface area contributed by atoms with Gasteiger partial charge in [0, 0.05) is 22.7 Å². The van der Waals surface area contributed by atoms with Gasteiger partial charge in [0.2, 0.25) is 5.95 Å². The van der Waals surface area contributed by atoms with Crippen LogP contribution < -0.4 is 5.32 Å². The first-order chi connectivity index (χ1) is 14.3. The zero-order chi connectivity index (χ0) is 21.3. The van der Waals surface area contributed by atoms with Crippen molar-refractivity contribution < 1.29 is 17.6 Å². The predicted octanol–water partition coefficient (Wildman–Crippen LogP) is 5.61. The summed E-state index contributed by atoms with van der Waals surface area (Å²) in [5.74, 6) is -0.638. The van der Waals surface area contributed by atoms with E-state index in [1.165, 1.54) is 35.6 Å². The maximum atomic E-state index is 14.5. The predicted molar refractivity (Wildman–Crippen MR) is 104 cm³/mol. The van der Waals surface area contributed by atoms with Crippen molar-refractivity contribution in [1.29, 1.82) is 0 Å². The molecule has 0 spiro atoms. The van der Waals surface area contributed by atoms with Gasteiger partial charge in [0.15, 0.2) is 5.13 Å². The molecule has 0 aliphatic carbocycles. The number of benzene rings is 1. The molecule has 4 aromatic rings. The third-order valence-corrected chi connectivity index (χ3v) is 4.92. The van der Waals surface area contributed by atoms with Crippen molar-refractivity contribution >= 4 is 34.0 Å². The van der Waals surface area contributed by atoms with Gasteiger partial charge < -0.3 is 0 Å². The molecule has 1 aromatic carbocycles. The molecule has 1 N–H and O–H groups in total. The normalized spacial score (nSPS) is 11.5. The van der Waals surface area contributed by atoms with E-state index in [4.69, 9.17) is 11.6 Å². The fourth-order valence-corrected chi connectivity index (χ4v) is 3.39. The Balaban J connectivity index is 1.85. The summed E-state index contributed by atoms with van der Waals surface area (Å²) in [6.45, 7) is 0. The van der Waals surface area contributed by atoms with Crippen LogP contribution in [0.25, 0.3) is 22.5 Å². The number of halogens is 5. The monoisotopic (exact) mass is 452 g/mol. The number of alkyl halides is 3. The molecule has 0 atom stereocenters. The number of hydrogen-bond donors (Lipinski definition) is 1. The van der Waals surface area contributed by atoms with Gasteiger partial charge >= 0.3 is 6.18 Å². The van der Waals surface area contributed by atoms with E-state index in [0.717, 1.165) is 12.3 Å². The molecule has 0 bridgehead atoms. The van der Waals surface area contributed by atoms with Crippen LogP contribution in [0.15, 0.2) is 48.0 Å². The second kappa shape index (κ2) is 7.92. The quantitative estimate of drug-likeness (QED) is 0.405. The first kappa shape index (κ1) is 20.1. The van der Waals surface area contributed by atoms with Crippen LogP contribution in [-0.4, -0.2) is 25.1 Å². The summed E-state index contributed by atoms with van der Waals surface area (Å²) >= 11 is 6.97. The molecular weight excluding hydrogens is 444 g/mol. The number of hydrogen-bond acceptors (Lipinski definition) is 7. The van der Waals surface area contributed by atoms with Crippen molar-refractivity contribution in [2.24, 2.45) is 0 Å². The van der Waals surface area contributed by atoms with Crippen molar-refractivity contribution in [3.63, 3.8) is 0 Å². The van der Waals surface area contributed by atoms with Crippen LogP contribution in [0.2, 0.25) is 5.15 Å². The van der Waals surface area contributed by atoms with Crippen LogP contribution in [0.3, 0.4) is 0 Å². The molecule has 0 radical (unpaired) electrons. The maximum absolute atomic E-state index is 14.5. The summed E-state index contributed by atoms with van der Waals surface area (Å²) in [5.41, 5.74) is -1.04. The van der Waals surface area contributed by atoms with Crippen LogP contribution in [0.4, 0.5) is 28.6 Å². The lowest BCUT2D eigenvalue weighted by Gasteiger charge is -2.12. The van der Waals surface area contributed by atoms with Gasteiger partial charge in [-0.25, -0.2) is 14.4 Å². The average molecular weight is 453 g/mol. The summed E-state index contributed by atoms with van der Waals surface area (Å²) < 4.78 is 53.7. The van der Waals surface area contributed by atoms with Crippen molar-refractivity contribution in [3.05, 3.63) is 64.6 Å². The Morgan fingerprint density at radius 1 is 1.00 bits per heavy atom. The van der Waals surface area contributed by atoms with Crippen LogP contribution in [-0.2, 0) is 6.18 Å². The molecule has 0 aliphatic rings. The second-order valence-electron chi connectivity index (χ2n) is 5.84. The molecule has 0 aliphatic heterocycles. The first-order valence-electron chi connectivity index (χ1n) is 8.22. The number of thiazole rings is 1. The largest absolute Gasteiger partial charge is 0.433 e. The van der Waals surface area contributed by atoms with Crippen LogP contribution in [0.1, 0.15) is 5.69 Å². The highest BCUT2D eigenvalue weighted by molar-refractivity contribution is 7.14. The Hall–Kier alpha value is -3.18. The molecule has 0 saturated carbocycles. The Bertz CT molecular complexity index is 1210. The van der Waals surface area contributed by atoms with E-state index in [-0.39, 0.29) is 33.6 Å². The fraction of sp³-hybridized carbons (Fsp3) is 0.0556. The van der Waals surface area contributed by atoms with Gasteiger partial charge in [-0.2, -0.15) is 13.2 Å². The first-order valence-corrected chi connectivity index (χ1v) is 9.48. The van der Waals surface area contributed by atoms with Gasteiger partial charge in [0.1, 0.15) is 28.1 Å². The van der Waals surface area contributed by atoms with Gasteiger partial charge in [-0.15, -0.1) is 21.5 Å². The third kappa shape index (κ3) is 4.21. The van der Waals surface area contributed by atoms with Gasteiger partial charge in [0.05, 0.1) is 0 Å². The van der Waals surface area contributed by atoms with E-state index in [1.54, 1.807) is 11.4 Å². The molecule has 4 rings (SSSR count). The molecule has 3 aromatic heterocycles. The van der Waals surface area contributed by atoms with E-state index >= 15 is 0 Å². The summed E-state index contributed by atoms with van der Waals surface area (Å²) in [6.07, 6.45) is -3.66. The Labute approximate surface area is 175 Å². The molecule has 30 heavy (non-hydrogen) atoms. The minimum Gasteiger partial charge on any atom is -0.299 e. The highest BCUT2D eigenvalue weighted by Crippen LogP contribution is 2.34. The molecule has 0 amide bonds. The molecule has 3 heterocycles. The molecule has 152 valence electrons. The number of anilines is 2. The van der Waals surface area contributed by atoms with E-state index in [0.29, 0.717) is 5.13 Å². The summed E-state index contributed by atoms with van der Waals surface area (Å²) in [6, 6.07) is 7.84. The van der Waals surface area contributed by atoms with E-state index in [1.807, 2.05) is 0 Å². The lowest BCUT2D eigenvalue weighted by Crippen LogP contribution is -2.08. The van der Waals surface area contributed by atoms with E-state index in [2.05, 4.69) is 30.5 Å². The van der Waals surface area contributed by atoms with E-state index < -0.39 is 17.7 Å². The summed E-state index contributed by atoms with van der Waals surface area (Å²) in [7, 11) is 0. The standard InChI is InChI=1S/C18H9ClF4N6S/c19-13-8-30-17(25-13)27-16-26-15(10-3-1-2-4-11(10)20)14(28-29-16)9-5-6-24-12(7-9)18(21,22)23/h1-8H,(H,25,26,27,29). The van der Waals surface area contributed by atoms with Gasteiger partial charge in [-0.05, 0) is 24.3 Å². The Morgan fingerprint density at radius 3 is 2.50 bits per heavy atom. The minimum atomic E-state index is -4.65. The van der Waals surface area contributed by atoms with Crippen molar-refractivity contribution in [2.75, 3.05) is 5.32 Å². The summed E-state index contributed by atoms with van der Waals surface area (Å²) in [4.78, 5) is 11.6. The minimum absolute atomic E-state index is 0.00702. The lowest BCUT2D eigenvalue weighted by atomic mass is 10.0. The zero-order valence-electron chi connectivity index (χ0n) is 14.7. The van der Waals surface area contributed by atoms with Crippen LogP contribution in [0.5, 0.6) is 0 Å². The second-order valence-corrected chi connectivity index (χ2v) is 7.09. The van der Waals surface area contributed by atoms with Crippen molar-refractivity contribution in [2.45, 2.75) is 6.18 Å².